The molecular formula is C24H26N6O3S. The number of pyridine rings is 1. The van der Waals surface area contributed by atoms with Crippen LogP contribution in [-0.2, 0) is 14.3 Å². The maximum absolute atomic E-state index is 13.5. The third-order valence-electron chi connectivity index (χ3n) is 5.46. The van der Waals surface area contributed by atoms with Crippen LogP contribution in [0.25, 0.3) is 0 Å². The van der Waals surface area contributed by atoms with Crippen LogP contribution in [0.2, 0.25) is 0 Å². The molecule has 0 radical (unpaired) electrons. The van der Waals surface area contributed by atoms with Gasteiger partial charge in [0.15, 0.2) is 0 Å². The van der Waals surface area contributed by atoms with Crippen molar-refractivity contribution in [3.63, 3.8) is 0 Å². The smallest absolute Gasteiger partial charge is 0.306 e. The molecule has 0 saturated carbocycles. The minimum absolute atomic E-state index is 0.244. The van der Waals surface area contributed by atoms with E-state index >= 15 is 0 Å². The van der Waals surface area contributed by atoms with Gasteiger partial charge in [0.25, 0.3) is 5.91 Å². The predicted octanol–water partition coefficient (Wildman–Crippen LogP) is 3.87. The van der Waals surface area contributed by atoms with Crippen LogP contribution in [0.4, 0.5) is 11.6 Å². The van der Waals surface area contributed by atoms with Crippen molar-refractivity contribution in [3.8, 4) is 0 Å². The van der Waals surface area contributed by atoms with Gasteiger partial charge in [-0.05, 0) is 43.5 Å². The van der Waals surface area contributed by atoms with Crippen molar-refractivity contribution < 1.29 is 14.3 Å². The van der Waals surface area contributed by atoms with Crippen LogP contribution in [0.3, 0.4) is 0 Å². The second-order valence-electron chi connectivity index (χ2n) is 7.97. The van der Waals surface area contributed by atoms with E-state index in [1.807, 2.05) is 51.1 Å². The van der Waals surface area contributed by atoms with Crippen LogP contribution in [0.5, 0.6) is 0 Å². The number of rotatable bonds is 7. The van der Waals surface area contributed by atoms with Crippen LogP contribution in [0, 0.1) is 13.8 Å². The third kappa shape index (κ3) is 4.96. The van der Waals surface area contributed by atoms with Crippen molar-refractivity contribution in [3.05, 3.63) is 70.7 Å². The highest BCUT2D eigenvalue weighted by Gasteiger charge is 2.35. The molecule has 3 heterocycles. The number of hydrogen-bond acceptors (Lipinski definition) is 8. The average Bonchev–Trinajstić information content (AvgIpc) is 3.20. The van der Waals surface area contributed by atoms with E-state index in [4.69, 9.17) is 4.74 Å². The Morgan fingerprint density at radius 1 is 1.21 bits per heavy atom. The Kier molecular flexibility index (Phi) is 6.97. The fourth-order valence-corrected chi connectivity index (χ4v) is 4.57. The van der Waals surface area contributed by atoms with E-state index in [-0.39, 0.29) is 18.3 Å². The first kappa shape index (κ1) is 23.5. The van der Waals surface area contributed by atoms with Gasteiger partial charge in [-0.25, -0.2) is 4.68 Å². The molecule has 0 aliphatic carbocycles. The number of benzene rings is 1. The largest absolute Gasteiger partial charge is 0.469 e. The average molecular weight is 479 g/mol. The molecule has 1 atom stereocenters. The van der Waals surface area contributed by atoms with Gasteiger partial charge in [-0.15, -0.1) is 5.10 Å². The topological polar surface area (TPSA) is 111 Å². The van der Waals surface area contributed by atoms with Crippen molar-refractivity contribution >= 4 is 35.3 Å². The first-order chi connectivity index (χ1) is 16.4. The monoisotopic (exact) mass is 478 g/mol. The quantitative estimate of drug-likeness (QED) is 0.389. The zero-order valence-corrected chi connectivity index (χ0v) is 20.3. The van der Waals surface area contributed by atoms with Gasteiger partial charge in [-0.1, -0.05) is 36.0 Å². The number of aryl methyl sites for hydroxylation is 2. The highest BCUT2D eigenvalue weighted by Crippen LogP contribution is 2.37. The minimum Gasteiger partial charge on any atom is -0.469 e. The molecule has 0 saturated heterocycles. The van der Waals surface area contributed by atoms with E-state index in [0.717, 1.165) is 16.7 Å². The molecule has 4 rings (SSSR count). The number of ether oxygens (including phenoxy) is 1. The Bertz CT molecular complexity index is 1270. The van der Waals surface area contributed by atoms with Gasteiger partial charge >= 0.3 is 5.97 Å². The lowest BCUT2D eigenvalue weighted by Gasteiger charge is -2.29. The van der Waals surface area contributed by atoms with E-state index < -0.39 is 6.04 Å². The summed E-state index contributed by atoms with van der Waals surface area (Å²) < 4.78 is 6.44. The van der Waals surface area contributed by atoms with Crippen molar-refractivity contribution in [2.45, 2.75) is 38.4 Å². The number of thioether (sulfide) groups is 1. The number of fused-ring (bicyclic) bond motifs is 1. The summed E-state index contributed by atoms with van der Waals surface area (Å²) in [5.74, 6) is 0.506. The van der Waals surface area contributed by atoms with Gasteiger partial charge in [-0.2, -0.15) is 4.98 Å². The number of nitrogens with one attached hydrogen (secondary N) is 2. The van der Waals surface area contributed by atoms with Crippen LogP contribution < -0.4 is 10.6 Å². The number of allylic oxidation sites excluding steroid dienone is 1. The summed E-state index contributed by atoms with van der Waals surface area (Å²) in [6, 6.07) is 9.31. The van der Waals surface area contributed by atoms with Gasteiger partial charge < -0.3 is 15.4 Å². The van der Waals surface area contributed by atoms with Crippen LogP contribution in [0.15, 0.2) is 59.2 Å². The van der Waals surface area contributed by atoms with E-state index in [2.05, 4.69) is 25.7 Å². The molecule has 1 unspecified atom stereocenters. The molecule has 1 aliphatic heterocycles. The number of anilines is 2. The minimum atomic E-state index is -0.474. The second-order valence-corrected chi connectivity index (χ2v) is 9.03. The van der Waals surface area contributed by atoms with Gasteiger partial charge in [0, 0.05) is 17.6 Å². The molecule has 1 aliphatic rings. The standard InChI is InChI=1S/C24H26N6O3S/c1-14-11-17(13-25-12-14)27-22(32)20-16(3)26-23-28-24(34-10-9-19(31)33-4)29-30(23)21(20)18-8-6-5-7-15(18)2/h5-8,11-13,21H,9-10H2,1-4H3,(H,27,32)(H,26,28,29). The van der Waals surface area contributed by atoms with Crippen molar-refractivity contribution in [2.75, 3.05) is 23.5 Å². The van der Waals surface area contributed by atoms with Gasteiger partial charge in [0.05, 0.1) is 31.0 Å². The van der Waals surface area contributed by atoms with E-state index in [0.29, 0.717) is 33.8 Å². The Hall–Kier alpha value is -3.66. The molecule has 1 amide bonds. The highest BCUT2D eigenvalue weighted by atomic mass is 32.2. The van der Waals surface area contributed by atoms with Gasteiger partial charge in [-0.3, -0.25) is 14.6 Å². The molecule has 34 heavy (non-hydrogen) atoms. The van der Waals surface area contributed by atoms with E-state index in [1.165, 1.54) is 18.9 Å². The normalized spacial score (nSPS) is 14.9. The number of carbonyl (C=O) groups is 2. The lowest BCUT2D eigenvalue weighted by atomic mass is 9.92. The Balaban J connectivity index is 1.70. The molecule has 2 aromatic heterocycles. The molecule has 176 valence electrons. The summed E-state index contributed by atoms with van der Waals surface area (Å²) >= 11 is 1.36. The van der Waals surface area contributed by atoms with Crippen molar-refractivity contribution in [2.24, 2.45) is 0 Å². The molecule has 10 heteroatoms. The summed E-state index contributed by atoms with van der Waals surface area (Å²) in [6.07, 6.45) is 3.62. The van der Waals surface area contributed by atoms with Crippen LogP contribution in [0.1, 0.15) is 36.1 Å². The van der Waals surface area contributed by atoms with Gasteiger partial charge in [0.2, 0.25) is 11.1 Å². The number of hydrogen-bond donors (Lipinski definition) is 2. The second kappa shape index (κ2) is 10.1. The lowest BCUT2D eigenvalue weighted by Crippen LogP contribution is -2.32. The Morgan fingerprint density at radius 2 is 2.00 bits per heavy atom. The number of amides is 1. The SMILES string of the molecule is COC(=O)CCSc1nc2n(n1)C(c1ccccc1C)C(C(=O)Nc1cncc(C)c1)=C(C)N2. The molecule has 9 nitrogen and oxygen atoms in total. The van der Waals surface area contributed by atoms with Crippen LogP contribution >= 0.6 is 11.8 Å². The third-order valence-corrected chi connectivity index (χ3v) is 6.30. The molecule has 0 bridgehead atoms. The molecule has 0 fully saturated rings. The maximum atomic E-state index is 13.5. The molecular weight excluding hydrogens is 452 g/mol. The summed E-state index contributed by atoms with van der Waals surface area (Å²) in [7, 11) is 1.37. The zero-order chi connectivity index (χ0) is 24.2. The Morgan fingerprint density at radius 3 is 2.74 bits per heavy atom. The van der Waals surface area contributed by atoms with E-state index in [9.17, 15) is 9.59 Å². The summed E-state index contributed by atoms with van der Waals surface area (Å²) in [5, 5.41) is 11.4. The maximum Gasteiger partial charge on any atom is 0.306 e. The Labute approximate surface area is 202 Å². The number of esters is 1. The first-order valence-electron chi connectivity index (χ1n) is 10.8. The van der Waals surface area contributed by atoms with Crippen molar-refractivity contribution in [1.29, 1.82) is 0 Å². The predicted molar refractivity (Wildman–Crippen MR) is 131 cm³/mol. The molecule has 1 aromatic carbocycles. The zero-order valence-electron chi connectivity index (χ0n) is 19.5. The fourth-order valence-electron chi connectivity index (χ4n) is 3.82. The lowest BCUT2D eigenvalue weighted by molar-refractivity contribution is -0.140. The fraction of sp³-hybridized carbons (Fsp3) is 0.292. The van der Waals surface area contributed by atoms with E-state index in [1.54, 1.807) is 17.1 Å². The summed E-state index contributed by atoms with van der Waals surface area (Å²) in [5.41, 5.74) is 4.79. The summed E-state index contributed by atoms with van der Waals surface area (Å²) in [4.78, 5) is 33.7. The van der Waals surface area contributed by atoms with Crippen molar-refractivity contribution in [1.82, 2.24) is 19.7 Å². The number of nitrogens with zero attached hydrogens (tertiary/aromatic N) is 4. The molecule has 3 aromatic rings. The first-order valence-corrected chi connectivity index (χ1v) is 11.8. The molecule has 2 N–H and O–H groups in total. The summed E-state index contributed by atoms with van der Waals surface area (Å²) in [6.45, 7) is 5.79. The number of methoxy groups -OCH3 is 1. The molecule has 0 spiro atoms. The number of carbonyl (C=O) groups excluding carboxylic acids is 2. The van der Waals surface area contributed by atoms with Crippen LogP contribution in [-0.4, -0.2) is 44.5 Å². The number of aromatic nitrogens is 4. The van der Waals surface area contributed by atoms with Gasteiger partial charge in [0.1, 0.15) is 6.04 Å². The highest BCUT2D eigenvalue weighted by molar-refractivity contribution is 7.99.